The Hall–Kier alpha value is -1.79. The molecule has 6 heteroatoms. The van der Waals surface area contributed by atoms with Crippen molar-refractivity contribution in [1.29, 1.82) is 0 Å². The van der Waals surface area contributed by atoms with Crippen LogP contribution in [0.5, 0.6) is 11.5 Å². The van der Waals surface area contributed by atoms with Gasteiger partial charge in [-0.3, -0.25) is 14.6 Å². The van der Waals surface area contributed by atoms with Crippen molar-refractivity contribution in [3.05, 3.63) is 23.3 Å². The number of amides is 1. The summed E-state index contributed by atoms with van der Waals surface area (Å²) in [5.41, 5.74) is 2.77. The zero-order chi connectivity index (χ0) is 20.4. The third-order valence-electron chi connectivity index (χ3n) is 7.12. The van der Waals surface area contributed by atoms with Crippen LogP contribution in [0.4, 0.5) is 0 Å². The molecule has 160 valence electrons. The summed E-state index contributed by atoms with van der Waals surface area (Å²) in [5, 5.41) is 0. The summed E-state index contributed by atoms with van der Waals surface area (Å²) < 4.78 is 11.0. The van der Waals surface area contributed by atoms with Crippen LogP contribution in [0, 0.1) is 0 Å². The second-order valence-electron chi connectivity index (χ2n) is 8.72. The minimum atomic E-state index is 0.221. The molecule has 3 heterocycles. The molecule has 2 fully saturated rings. The summed E-state index contributed by atoms with van der Waals surface area (Å²) in [6.07, 6.45) is 5.86. The molecule has 0 aromatic heterocycles. The summed E-state index contributed by atoms with van der Waals surface area (Å²) in [6.45, 7) is 8.00. The summed E-state index contributed by atoms with van der Waals surface area (Å²) >= 11 is 0. The van der Waals surface area contributed by atoms with E-state index in [1.165, 1.54) is 30.5 Å². The van der Waals surface area contributed by atoms with Crippen LogP contribution in [-0.4, -0.2) is 79.6 Å². The van der Waals surface area contributed by atoms with E-state index in [2.05, 4.69) is 21.9 Å². The lowest BCUT2D eigenvalue weighted by Crippen LogP contribution is -2.54. The number of hydrogen-bond donors (Lipinski definition) is 0. The Morgan fingerprint density at radius 3 is 2.24 bits per heavy atom. The third-order valence-corrected chi connectivity index (χ3v) is 7.12. The molecule has 1 unspecified atom stereocenters. The summed E-state index contributed by atoms with van der Waals surface area (Å²) in [6, 6.07) is 5.57. The summed E-state index contributed by atoms with van der Waals surface area (Å²) in [5.74, 6) is 1.88. The van der Waals surface area contributed by atoms with Crippen molar-refractivity contribution >= 4 is 5.91 Å². The molecule has 3 aliphatic rings. The van der Waals surface area contributed by atoms with Crippen LogP contribution >= 0.6 is 0 Å². The van der Waals surface area contributed by atoms with Gasteiger partial charge in [-0.25, -0.2) is 0 Å². The van der Waals surface area contributed by atoms with Gasteiger partial charge >= 0.3 is 0 Å². The van der Waals surface area contributed by atoms with Gasteiger partial charge in [0.2, 0.25) is 5.91 Å². The zero-order valence-corrected chi connectivity index (χ0v) is 18.2. The number of nitrogens with zero attached hydrogens (tertiary/aromatic N) is 3. The van der Waals surface area contributed by atoms with E-state index in [4.69, 9.17) is 9.47 Å². The zero-order valence-electron chi connectivity index (χ0n) is 18.2. The first-order valence-corrected chi connectivity index (χ1v) is 11.1. The molecule has 1 aromatic carbocycles. The normalized spacial score (nSPS) is 24.2. The lowest BCUT2D eigenvalue weighted by Gasteiger charge is -2.46. The third kappa shape index (κ3) is 4.38. The van der Waals surface area contributed by atoms with Crippen LogP contribution in [0.25, 0.3) is 0 Å². The standard InChI is InChI=1S/C23H35N3O3/c1-17(27)24-11-7-20(8-12-24)25-9-4-5-21(16-25)26-10-6-18-13-22(28-2)23(29-3)14-19(18)15-26/h13-14,20-21H,4-12,15-16H2,1-3H3. The monoisotopic (exact) mass is 401 g/mol. The molecule has 3 aliphatic heterocycles. The Kier molecular flexibility index (Phi) is 6.30. The van der Waals surface area contributed by atoms with Crippen LogP contribution in [0.3, 0.4) is 0 Å². The van der Waals surface area contributed by atoms with Gasteiger partial charge in [0.1, 0.15) is 0 Å². The Morgan fingerprint density at radius 1 is 0.897 bits per heavy atom. The molecule has 0 radical (unpaired) electrons. The summed E-state index contributed by atoms with van der Waals surface area (Å²) in [7, 11) is 3.41. The van der Waals surface area contributed by atoms with E-state index in [0.717, 1.165) is 63.5 Å². The quantitative estimate of drug-likeness (QED) is 0.776. The lowest BCUT2D eigenvalue weighted by molar-refractivity contribution is -0.130. The number of hydrogen-bond acceptors (Lipinski definition) is 5. The van der Waals surface area contributed by atoms with E-state index < -0.39 is 0 Å². The van der Waals surface area contributed by atoms with E-state index in [1.54, 1.807) is 21.1 Å². The SMILES string of the molecule is COc1cc2c(cc1OC)CN(C1CCCN(C3CCN(C(C)=O)CC3)C1)CC2. The molecule has 0 bridgehead atoms. The first kappa shape index (κ1) is 20.5. The molecule has 4 rings (SSSR count). The fraction of sp³-hybridized carbons (Fsp3) is 0.696. The second-order valence-corrected chi connectivity index (χ2v) is 8.72. The van der Waals surface area contributed by atoms with Crippen LogP contribution in [-0.2, 0) is 17.8 Å². The molecular formula is C23H35N3O3. The molecule has 0 aliphatic carbocycles. The lowest BCUT2D eigenvalue weighted by atomic mass is 9.93. The van der Waals surface area contributed by atoms with Crippen LogP contribution < -0.4 is 9.47 Å². The average molecular weight is 402 g/mol. The molecule has 29 heavy (non-hydrogen) atoms. The van der Waals surface area contributed by atoms with E-state index in [9.17, 15) is 4.79 Å². The Morgan fingerprint density at radius 2 is 1.59 bits per heavy atom. The molecule has 6 nitrogen and oxygen atoms in total. The van der Waals surface area contributed by atoms with Gasteiger partial charge in [0.15, 0.2) is 11.5 Å². The highest BCUT2D eigenvalue weighted by atomic mass is 16.5. The maximum atomic E-state index is 11.6. The van der Waals surface area contributed by atoms with E-state index in [1.807, 2.05) is 4.90 Å². The second kappa shape index (κ2) is 8.92. The summed E-state index contributed by atoms with van der Waals surface area (Å²) in [4.78, 5) is 19.0. The highest BCUT2D eigenvalue weighted by molar-refractivity contribution is 5.73. The predicted molar refractivity (Wildman–Crippen MR) is 114 cm³/mol. The van der Waals surface area contributed by atoms with Gasteiger partial charge in [0, 0.05) is 51.7 Å². The predicted octanol–water partition coefficient (Wildman–Crippen LogP) is 2.54. The van der Waals surface area contributed by atoms with Gasteiger partial charge in [-0.05, 0) is 61.9 Å². The average Bonchev–Trinajstić information content (AvgIpc) is 2.77. The molecule has 1 amide bonds. The van der Waals surface area contributed by atoms with Crippen molar-refractivity contribution in [2.24, 2.45) is 0 Å². The molecule has 0 saturated carbocycles. The van der Waals surface area contributed by atoms with Gasteiger partial charge in [-0.1, -0.05) is 0 Å². The number of carbonyl (C=O) groups excluding carboxylic acids is 1. The Bertz CT molecular complexity index is 730. The fourth-order valence-corrected chi connectivity index (χ4v) is 5.38. The van der Waals surface area contributed by atoms with Gasteiger partial charge in [-0.2, -0.15) is 0 Å². The van der Waals surface area contributed by atoms with Crippen LogP contribution in [0.2, 0.25) is 0 Å². The van der Waals surface area contributed by atoms with E-state index in [-0.39, 0.29) is 5.91 Å². The molecule has 0 N–H and O–H groups in total. The van der Waals surface area contributed by atoms with E-state index in [0.29, 0.717) is 12.1 Å². The minimum Gasteiger partial charge on any atom is -0.493 e. The molecule has 1 aromatic rings. The number of ether oxygens (including phenoxy) is 2. The largest absolute Gasteiger partial charge is 0.493 e. The van der Waals surface area contributed by atoms with Crippen molar-refractivity contribution in [3.8, 4) is 11.5 Å². The molecule has 0 spiro atoms. The van der Waals surface area contributed by atoms with Crippen LogP contribution in [0.15, 0.2) is 12.1 Å². The van der Waals surface area contributed by atoms with Crippen molar-refractivity contribution in [2.45, 2.75) is 57.7 Å². The van der Waals surface area contributed by atoms with Crippen molar-refractivity contribution in [2.75, 3.05) is 46.9 Å². The number of benzene rings is 1. The molecule has 2 saturated heterocycles. The maximum absolute atomic E-state index is 11.6. The highest BCUT2D eigenvalue weighted by Gasteiger charge is 2.33. The minimum absolute atomic E-state index is 0.221. The highest BCUT2D eigenvalue weighted by Crippen LogP contribution is 2.34. The van der Waals surface area contributed by atoms with Gasteiger partial charge in [0.05, 0.1) is 14.2 Å². The Balaban J connectivity index is 1.39. The fourth-order valence-electron chi connectivity index (χ4n) is 5.38. The van der Waals surface area contributed by atoms with Crippen molar-refractivity contribution in [3.63, 3.8) is 0 Å². The smallest absolute Gasteiger partial charge is 0.219 e. The maximum Gasteiger partial charge on any atom is 0.219 e. The number of carbonyl (C=O) groups is 1. The molecule has 1 atom stereocenters. The van der Waals surface area contributed by atoms with Gasteiger partial charge in [0.25, 0.3) is 0 Å². The van der Waals surface area contributed by atoms with Gasteiger partial charge < -0.3 is 14.4 Å². The van der Waals surface area contributed by atoms with Crippen molar-refractivity contribution in [1.82, 2.24) is 14.7 Å². The first-order valence-electron chi connectivity index (χ1n) is 11.1. The number of methoxy groups -OCH3 is 2. The number of piperidine rings is 2. The van der Waals surface area contributed by atoms with Crippen LogP contribution in [0.1, 0.15) is 43.7 Å². The van der Waals surface area contributed by atoms with E-state index >= 15 is 0 Å². The first-order chi connectivity index (χ1) is 14.1. The number of fused-ring (bicyclic) bond motifs is 1. The topological polar surface area (TPSA) is 45.3 Å². The van der Waals surface area contributed by atoms with Gasteiger partial charge in [-0.15, -0.1) is 0 Å². The number of likely N-dealkylation sites (tertiary alicyclic amines) is 2. The number of rotatable bonds is 4. The Labute approximate surface area is 174 Å². The van der Waals surface area contributed by atoms with Crippen molar-refractivity contribution < 1.29 is 14.3 Å². The molecular weight excluding hydrogens is 366 g/mol.